The Kier molecular flexibility index (Phi) is 5.48. The Bertz CT molecular complexity index is 358. The Morgan fingerprint density at radius 1 is 1.21 bits per heavy atom. The van der Waals surface area contributed by atoms with Gasteiger partial charge in [-0.3, -0.25) is 0 Å². The molecule has 0 radical (unpaired) electrons. The van der Waals surface area contributed by atoms with Crippen molar-refractivity contribution in [3.63, 3.8) is 0 Å². The number of ether oxygens (including phenoxy) is 1. The van der Waals surface area contributed by atoms with Gasteiger partial charge < -0.3 is 19.9 Å². The highest BCUT2D eigenvalue weighted by molar-refractivity contribution is 5.48. The van der Waals surface area contributed by atoms with Crippen molar-refractivity contribution >= 4 is 5.69 Å². The van der Waals surface area contributed by atoms with Crippen molar-refractivity contribution in [3.05, 3.63) is 24.3 Å². The van der Waals surface area contributed by atoms with Crippen LogP contribution >= 0.6 is 0 Å². The zero-order chi connectivity index (χ0) is 13.5. The van der Waals surface area contributed by atoms with Crippen LogP contribution in [0.5, 0.6) is 5.75 Å². The lowest BCUT2D eigenvalue weighted by atomic mass is 10.2. The molecule has 2 rings (SSSR count). The summed E-state index contributed by atoms with van der Waals surface area (Å²) in [6.07, 6.45) is 1.26. The smallest absolute Gasteiger partial charge is 0.119 e. The van der Waals surface area contributed by atoms with Crippen LogP contribution in [0.25, 0.3) is 0 Å². The van der Waals surface area contributed by atoms with Crippen molar-refractivity contribution < 1.29 is 4.74 Å². The van der Waals surface area contributed by atoms with Crippen molar-refractivity contribution in [3.8, 4) is 5.75 Å². The zero-order valence-corrected chi connectivity index (χ0v) is 12.1. The van der Waals surface area contributed by atoms with Gasteiger partial charge in [-0.2, -0.15) is 0 Å². The van der Waals surface area contributed by atoms with E-state index in [2.05, 4.69) is 34.3 Å². The van der Waals surface area contributed by atoms with Crippen LogP contribution in [-0.4, -0.2) is 58.3 Å². The zero-order valence-electron chi connectivity index (χ0n) is 12.1. The van der Waals surface area contributed by atoms with Crippen LogP contribution in [0.3, 0.4) is 0 Å². The summed E-state index contributed by atoms with van der Waals surface area (Å²) in [5.74, 6) is 0.913. The van der Waals surface area contributed by atoms with Crippen LogP contribution in [0.1, 0.15) is 6.42 Å². The maximum atomic E-state index is 5.18. The fourth-order valence-corrected chi connectivity index (χ4v) is 2.38. The molecule has 0 spiro atoms. The molecule has 1 heterocycles. The Morgan fingerprint density at radius 3 is 2.74 bits per heavy atom. The minimum atomic E-state index is 0.913. The molecule has 0 bridgehead atoms. The average molecular weight is 263 g/mol. The first-order valence-electron chi connectivity index (χ1n) is 7.08. The summed E-state index contributed by atoms with van der Waals surface area (Å²) in [6.45, 7) is 6.84. The summed E-state index contributed by atoms with van der Waals surface area (Å²) >= 11 is 0. The third-order valence-corrected chi connectivity index (χ3v) is 3.70. The summed E-state index contributed by atoms with van der Waals surface area (Å²) in [6, 6.07) is 8.26. The number of rotatable bonds is 5. The van der Waals surface area contributed by atoms with E-state index in [1.165, 1.54) is 18.7 Å². The third-order valence-electron chi connectivity index (χ3n) is 3.70. The summed E-state index contributed by atoms with van der Waals surface area (Å²) in [7, 11) is 3.85. The van der Waals surface area contributed by atoms with Gasteiger partial charge in [-0.25, -0.2) is 0 Å². The first-order valence-corrected chi connectivity index (χ1v) is 7.08. The monoisotopic (exact) mass is 263 g/mol. The molecular weight excluding hydrogens is 238 g/mol. The predicted molar refractivity (Wildman–Crippen MR) is 80.2 cm³/mol. The highest BCUT2D eigenvalue weighted by atomic mass is 16.5. The number of methoxy groups -OCH3 is 1. The van der Waals surface area contributed by atoms with E-state index in [9.17, 15) is 0 Å². The van der Waals surface area contributed by atoms with Gasteiger partial charge in [-0.05, 0) is 43.8 Å². The Hall–Kier alpha value is -1.26. The second kappa shape index (κ2) is 7.36. The van der Waals surface area contributed by atoms with Gasteiger partial charge in [0.05, 0.1) is 7.11 Å². The number of benzene rings is 1. The minimum Gasteiger partial charge on any atom is -0.497 e. The number of nitrogens with one attached hydrogen (secondary N) is 1. The van der Waals surface area contributed by atoms with Gasteiger partial charge in [-0.1, -0.05) is 0 Å². The van der Waals surface area contributed by atoms with Gasteiger partial charge in [0.25, 0.3) is 0 Å². The van der Waals surface area contributed by atoms with Crippen LogP contribution < -0.4 is 15.0 Å². The van der Waals surface area contributed by atoms with Gasteiger partial charge in [0.1, 0.15) is 5.75 Å². The molecule has 0 aliphatic carbocycles. The van der Waals surface area contributed by atoms with Crippen LogP contribution in [0.2, 0.25) is 0 Å². The van der Waals surface area contributed by atoms with E-state index in [1.54, 1.807) is 7.11 Å². The number of likely N-dealkylation sites (N-methyl/N-ethyl adjacent to an activating group) is 1. The summed E-state index contributed by atoms with van der Waals surface area (Å²) < 4.78 is 5.18. The highest BCUT2D eigenvalue weighted by Gasteiger charge is 2.09. The van der Waals surface area contributed by atoms with Crippen LogP contribution in [0.4, 0.5) is 5.69 Å². The molecule has 1 aromatic carbocycles. The molecule has 0 aromatic heterocycles. The fourth-order valence-electron chi connectivity index (χ4n) is 2.38. The standard InChI is InChI=1S/C15H25N3O/c1-17(14-4-6-15(19-2)7-5-14)12-13-18-10-3-8-16-9-11-18/h4-7,16H,3,8-13H2,1-2H3. The molecule has 1 saturated heterocycles. The normalized spacial score (nSPS) is 16.9. The second-order valence-corrected chi connectivity index (χ2v) is 5.06. The molecular formula is C15H25N3O. The van der Waals surface area contributed by atoms with Crippen molar-refractivity contribution in [2.75, 3.05) is 58.3 Å². The minimum absolute atomic E-state index is 0.913. The maximum Gasteiger partial charge on any atom is 0.119 e. The topological polar surface area (TPSA) is 27.7 Å². The summed E-state index contributed by atoms with van der Waals surface area (Å²) in [5, 5.41) is 3.44. The van der Waals surface area contributed by atoms with Crippen molar-refractivity contribution in [1.29, 1.82) is 0 Å². The molecule has 19 heavy (non-hydrogen) atoms. The van der Waals surface area contributed by atoms with E-state index >= 15 is 0 Å². The van der Waals surface area contributed by atoms with Gasteiger partial charge in [0.2, 0.25) is 0 Å². The molecule has 1 N–H and O–H groups in total. The number of anilines is 1. The number of hydrogen-bond donors (Lipinski definition) is 1. The van der Waals surface area contributed by atoms with Crippen molar-refractivity contribution in [2.45, 2.75) is 6.42 Å². The third kappa shape index (κ3) is 4.40. The maximum absolute atomic E-state index is 5.18. The predicted octanol–water partition coefficient (Wildman–Crippen LogP) is 1.43. The SMILES string of the molecule is COc1ccc(N(C)CCN2CCCNCC2)cc1. The molecule has 1 aromatic rings. The molecule has 0 amide bonds. The van der Waals surface area contributed by atoms with Gasteiger partial charge in [0, 0.05) is 38.9 Å². The van der Waals surface area contributed by atoms with E-state index < -0.39 is 0 Å². The van der Waals surface area contributed by atoms with E-state index in [0.717, 1.165) is 38.5 Å². The van der Waals surface area contributed by atoms with Crippen molar-refractivity contribution in [2.24, 2.45) is 0 Å². The molecule has 4 nitrogen and oxygen atoms in total. The largest absolute Gasteiger partial charge is 0.497 e. The molecule has 0 saturated carbocycles. The quantitative estimate of drug-likeness (QED) is 0.870. The molecule has 1 fully saturated rings. The van der Waals surface area contributed by atoms with Crippen LogP contribution in [0, 0.1) is 0 Å². The van der Waals surface area contributed by atoms with Crippen molar-refractivity contribution in [1.82, 2.24) is 10.2 Å². The molecule has 1 aliphatic heterocycles. The molecule has 106 valence electrons. The lowest BCUT2D eigenvalue weighted by molar-refractivity contribution is 0.299. The van der Waals surface area contributed by atoms with Crippen LogP contribution in [0.15, 0.2) is 24.3 Å². The molecule has 0 atom stereocenters. The number of hydrogen-bond acceptors (Lipinski definition) is 4. The van der Waals surface area contributed by atoms with E-state index in [4.69, 9.17) is 4.74 Å². The Morgan fingerprint density at radius 2 is 2.00 bits per heavy atom. The highest BCUT2D eigenvalue weighted by Crippen LogP contribution is 2.17. The molecule has 0 unspecified atom stereocenters. The lowest BCUT2D eigenvalue weighted by Crippen LogP contribution is -2.35. The van der Waals surface area contributed by atoms with Gasteiger partial charge in [0.15, 0.2) is 0 Å². The summed E-state index contributed by atoms with van der Waals surface area (Å²) in [5.41, 5.74) is 1.24. The van der Waals surface area contributed by atoms with Gasteiger partial charge in [-0.15, -0.1) is 0 Å². The lowest BCUT2D eigenvalue weighted by Gasteiger charge is -2.25. The first-order chi connectivity index (χ1) is 9.29. The Labute approximate surface area is 116 Å². The van der Waals surface area contributed by atoms with E-state index in [1.807, 2.05) is 12.1 Å². The fraction of sp³-hybridized carbons (Fsp3) is 0.600. The average Bonchev–Trinajstić information content (AvgIpc) is 2.73. The van der Waals surface area contributed by atoms with Gasteiger partial charge >= 0.3 is 0 Å². The van der Waals surface area contributed by atoms with E-state index in [0.29, 0.717) is 0 Å². The summed E-state index contributed by atoms with van der Waals surface area (Å²) in [4.78, 5) is 4.85. The van der Waals surface area contributed by atoms with Crippen LogP contribution in [-0.2, 0) is 0 Å². The van der Waals surface area contributed by atoms with E-state index in [-0.39, 0.29) is 0 Å². The Balaban J connectivity index is 1.80. The number of nitrogens with zero attached hydrogens (tertiary/aromatic N) is 2. The molecule has 4 heteroatoms. The first kappa shape index (κ1) is 14.2. The second-order valence-electron chi connectivity index (χ2n) is 5.06. The molecule has 1 aliphatic rings.